The number of hydrogen-bond donors (Lipinski definition) is 1. The van der Waals surface area contributed by atoms with Gasteiger partial charge in [-0.15, -0.1) is 0 Å². The SMILES string of the molecule is COc1cc(C)c2c(c1)C(=O)c1cccc(O)c1C2=O. The van der Waals surface area contributed by atoms with Gasteiger partial charge < -0.3 is 9.84 Å². The zero-order valence-electron chi connectivity index (χ0n) is 11.1. The number of hydrogen-bond acceptors (Lipinski definition) is 4. The van der Waals surface area contributed by atoms with Gasteiger partial charge in [0.25, 0.3) is 0 Å². The van der Waals surface area contributed by atoms with Crippen molar-refractivity contribution < 1.29 is 19.4 Å². The van der Waals surface area contributed by atoms with Crippen LogP contribution >= 0.6 is 0 Å². The Balaban J connectivity index is 2.35. The number of carbonyl (C=O) groups excluding carboxylic acids is 2. The van der Waals surface area contributed by atoms with Crippen LogP contribution in [0.1, 0.15) is 37.4 Å². The molecule has 0 amide bonds. The van der Waals surface area contributed by atoms with Gasteiger partial charge in [0.05, 0.1) is 12.7 Å². The number of carbonyl (C=O) groups is 2. The van der Waals surface area contributed by atoms with Crippen LogP contribution in [0.4, 0.5) is 0 Å². The van der Waals surface area contributed by atoms with Crippen molar-refractivity contribution in [1.82, 2.24) is 0 Å². The van der Waals surface area contributed by atoms with Gasteiger partial charge >= 0.3 is 0 Å². The van der Waals surface area contributed by atoms with Crippen LogP contribution in [0.15, 0.2) is 30.3 Å². The van der Waals surface area contributed by atoms with Crippen LogP contribution in [0.3, 0.4) is 0 Å². The number of ketones is 2. The molecule has 0 radical (unpaired) electrons. The highest BCUT2D eigenvalue weighted by atomic mass is 16.5. The number of ether oxygens (including phenoxy) is 1. The van der Waals surface area contributed by atoms with E-state index in [0.717, 1.165) is 0 Å². The Hall–Kier alpha value is -2.62. The summed E-state index contributed by atoms with van der Waals surface area (Å²) in [6, 6.07) is 7.78. The second-order valence-corrected chi connectivity index (χ2v) is 4.72. The lowest BCUT2D eigenvalue weighted by atomic mass is 9.81. The Labute approximate surface area is 115 Å². The van der Waals surface area contributed by atoms with Gasteiger partial charge in [-0.25, -0.2) is 0 Å². The molecule has 20 heavy (non-hydrogen) atoms. The largest absolute Gasteiger partial charge is 0.507 e. The minimum absolute atomic E-state index is 0.0817. The lowest BCUT2D eigenvalue weighted by Crippen LogP contribution is -2.22. The summed E-state index contributed by atoms with van der Waals surface area (Å²) >= 11 is 0. The number of aryl methyl sites for hydroxylation is 1. The first-order valence-electron chi connectivity index (χ1n) is 6.14. The van der Waals surface area contributed by atoms with Gasteiger partial charge in [-0.05, 0) is 30.7 Å². The van der Waals surface area contributed by atoms with E-state index in [1.165, 1.54) is 13.2 Å². The van der Waals surface area contributed by atoms with Gasteiger partial charge in [0.2, 0.25) is 0 Å². The molecule has 4 nitrogen and oxygen atoms in total. The van der Waals surface area contributed by atoms with Crippen molar-refractivity contribution in [3.05, 3.63) is 58.1 Å². The number of phenolic OH excluding ortho intramolecular Hbond substituents is 1. The summed E-state index contributed by atoms with van der Waals surface area (Å²) in [4.78, 5) is 25.0. The van der Waals surface area contributed by atoms with Crippen LogP contribution in [0.5, 0.6) is 11.5 Å². The van der Waals surface area contributed by atoms with Crippen molar-refractivity contribution in [1.29, 1.82) is 0 Å². The highest BCUT2D eigenvalue weighted by Gasteiger charge is 2.33. The third-order valence-electron chi connectivity index (χ3n) is 3.53. The van der Waals surface area contributed by atoms with Crippen LogP contribution in [-0.4, -0.2) is 23.8 Å². The molecule has 4 heteroatoms. The van der Waals surface area contributed by atoms with E-state index >= 15 is 0 Å². The fourth-order valence-electron chi connectivity index (χ4n) is 2.59. The smallest absolute Gasteiger partial charge is 0.198 e. The first-order valence-corrected chi connectivity index (χ1v) is 6.14. The van der Waals surface area contributed by atoms with Crippen molar-refractivity contribution in [2.75, 3.05) is 7.11 Å². The average molecular weight is 268 g/mol. The van der Waals surface area contributed by atoms with E-state index in [9.17, 15) is 14.7 Å². The Morgan fingerprint density at radius 3 is 2.45 bits per heavy atom. The molecule has 0 unspecified atom stereocenters. The van der Waals surface area contributed by atoms with Crippen molar-refractivity contribution in [2.24, 2.45) is 0 Å². The summed E-state index contributed by atoms with van der Waals surface area (Å²) in [5.41, 5.74) is 1.63. The monoisotopic (exact) mass is 268 g/mol. The van der Waals surface area contributed by atoms with Crippen molar-refractivity contribution in [3.8, 4) is 11.5 Å². The zero-order valence-corrected chi connectivity index (χ0v) is 11.1. The van der Waals surface area contributed by atoms with Gasteiger partial charge in [0, 0.05) is 16.7 Å². The maximum absolute atomic E-state index is 12.5. The van der Waals surface area contributed by atoms with Crippen LogP contribution in [-0.2, 0) is 0 Å². The number of rotatable bonds is 1. The molecule has 0 spiro atoms. The number of fused-ring (bicyclic) bond motifs is 2. The summed E-state index contributed by atoms with van der Waals surface area (Å²) in [5, 5.41) is 9.86. The summed E-state index contributed by atoms with van der Waals surface area (Å²) in [5.74, 6) is -0.229. The highest BCUT2D eigenvalue weighted by molar-refractivity contribution is 6.29. The highest BCUT2D eigenvalue weighted by Crippen LogP contribution is 2.35. The average Bonchev–Trinajstić information content (AvgIpc) is 2.43. The second kappa shape index (κ2) is 4.20. The van der Waals surface area contributed by atoms with E-state index < -0.39 is 0 Å². The molecule has 1 N–H and O–H groups in total. The Bertz CT molecular complexity index is 759. The topological polar surface area (TPSA) is 63.6 Å². The number of phenols is 1. The third kappa shape index (κ3) is 1.54. The predicted molar refractivity (Wildman–Crippen MR) is 72.7 cm³/mol. The molecule has 1 aliphatic carbocycles. The van der Waals surface area contributed by atoms with Gasteiger partial charge in [-0.1, -0.05) is 12.1 Å². The Morgan fingerprint density at radius 2 is 1.75 bits per heavy atom. The summed E-state index contributed by atoms with van der Waals surface area (Å²) in [6.45, 7) is 1.75. The molecule has 1 aliphatic rings. The van der Waals surface area contributed by atoms with E-state index in [2.05, 4.69) is 0 Å². The molecule has 0 saturated heterocycles. The summed E-state index contributed by atoms with van der Waals surface area (Å²) in [6.07, 6.45) is 0. The normalized spacial score (nSPS) is 12.9. The standard InChI is InChI=1S/C16H12O4/c1-8-6-9(20-2)7-11-13(8)16(19)14-10(15(11)18)4-3-5-12(14)17/h3-7,17H,1-2H3. The van der Waals surface area contributed by atoms with E-state index in [-0.39, 0.29) is 28.4 Å². The van der Waals surface area contributed by atoms with Crippen molar-refractivity contribution in [2.45, 2.75) is 6.92 Å². The maximum Gasteiger partial charge on any atom is 0.198 e. The van der Waals surface area contributed by atoms with Crippen LogP contribution in [0, 0.1) is 6.92 Å². The molecular formula is C16H12O4. The molecule has 3 rings (SSSR count). The minimum atomic E-state index is -0.326. The van der Waals surface area contributed by atoms with Gasteiger partial charge in [0.15, 0.2) is 11.6 Å². The molecule has 0 aromatic heterocycles. The summed E-state index contributed by atoms with van der Waals surface area (Å²) < 4.78 is 5.14. The molecule has 100 valence electrons. The van der Waals surface area contributed by atoms with E-state index in [1.807, 2.05) is 0 Å². The Kier molecular flexibility index (Phi) is 2.61. The fraction of sp³-hybridized carbons (Fsp3) is 0.125. The van der Waals surface area contributed by atoms with Gasteiger partial charge in [-0.2, -0.15) is 0 Å². The molecule has 2 aromatic rings. The first kappa shape index (κ1) is 12.4. The van der Waals surface area contributed by atoms with Crippen LogP contribution in [0.2, 0.25) is 0 Å². The molecule has 0 bridgehead atoms. The minimum Gasteiger partial charge on any atom is -0.507 e. The number of benzene rings is 2. The van der Waals surface area contributed by atoms with Crippen LogP contribution in [0.25, 0.3) is 0 Å². The summed E-state index contributed by atoms with van der Waals surface area (Å²) in [7, 11) is 1.51. The zero-order chi connectivity index (χ0) is 14.4. The quantitative estimate of drug-likeness (QED) is 0.736. The maximum atomic E-state index is 12.5. The molecule has 2 aromatic carbocycles. The van der Waals surface area contributed by atoms with Gasteiger partial charge in [-0.3, -0.25) is 9.59 Å². The van der Waals surface area contributed by atoms with Crippen molar-refractivity contribution >= 4 is 11.6 Å². The second-order valence-electron chi connectivity index (χ2n) is 4.72. The van der Waals surface area contributed by atoms with E-state index in [1.54, 1.807) is 31.2 Å². The Morgan fingerprint density at radius 1 is 1.00 bits per heavy atom. The molecule has 0 heterocycles. The molecule has 0 fully saturated rings. The number of aromatic hydroxyl groups is 1. The molecule has 0 aliphatic heterocycles. The molecule has 0 atom stereocenters. The lowest BCUT2D eigenvalue weighted by molar-refractivity contribution is 0.0976. The predicted octanol–water partition coefficient (Wildman–Crippen LogP) is 2.48. The first-order chi connectivity index (χ1) is 9.54. The van der Waals surface area contributed by atoms with Crippen molar-refractivity contribution in [3.63, 3.8) is 0 Å². The van der Waals surface area contributed by atoms with E-state index in [0.29, 0.717) is 22.4 Å². The lowest BCUT2D eigenvalue weighted by Gasteiger charge is -2.20. The molecular weight excluding hydrogens is 256 g/mol. The van der Waals surface area contributed by atoms with E-state index in [4.69, 9.17) is 4.74 Å². The van der Waals surface area contributed by atoms with Gasteiger partial charge in [0.1, 0.15) is 11.5 Å². The van der Waals surface area contributed by atoms with Crippen LogP contribution < -0.4 is 4.74 Å². The fourth-order valence-corrected chi connectivity index (χ4v) is 2.59. The number of methoxy groups -OCH3 is 1. The molecule has 0 saturated carbocycles. The third-order valence-corrected chi connectivity index (χ3v) is 3.53.